The van der Waals surface area contributed by atoms with Crippen molar-refractivity contribution in [2.24, 2.45) is 0 Å². The third kappa shape index (κ3) is 2.18. The van der Waals surface area contributed by atoms with E-state index in [1.54, 1.807) is 24.1 Å². The Morgan fingerprint density at radius 1 is 1.10 bits per heavy atom. The SMILES string of the molecule is CN1C(=O)CN(c2ccc(F)cc2)c2ccc(Br)cc21. The number of halogens is 2. The van der Waals surface area contributed by atoms with Gasteiger partial charge in [0, 0.05) is 17.2 Å². The van der Waals surface area contributed by atoms with Crippen LogP contribution >= 0.6 is 15.9 Å². The van der Waals surface area contributed by atoms with Crippen LogP contribution in [0.4, 0.5) is 21.5 Å². The normalized spacial score (nSPS) is 14.4. The number of anilines is 3. The van der Waals surface area contributed by atoms with E-state index in [0.717, 1.165) is 21.5 Å². The van der Waals surface area contributed by atoms with Crippen LogP contribution in [0, 0.1) is 5.82 Å². The second-order valence-electron chi connectivity index (χ2n) is 4.65. The predicted octanol–water partition coefficient (Wildman–Crippen LogP) is 3.70. The van der Waals surface area contributed by atoms with E-state index in [4.69, 9.17) is 0 Å². The molecule has 1 heterocycles. The molecule has 0 aromatic heterocycles. The van der Waals surface area contributed by atoms with E-state index in [-0.39, 0.29) is 18.3 Å². The van der Waals surface area contributed by atoms with Crippen LogP contribution in [-0.2, 0) is 4.79 Å². The summed E-state index contributed by atoms with van der Waals surface area (Å²) in [5.74, 6) is -0.287. The first-order chi connectivity index (χ1) is 9.56. The van der Waals surface area contributed by atoms with Gasteiger partial charge in [-0.25, -0.2) is 4.39 Å². The third-order valence-electron chi connectivity index (χ3n) is 3.40. The van der Waals surface area contributed by atoms with Crippen molar-refractivity contribution in [2.45, 2.75) is 0 Å². The molecule has 0 bridgehead atoms. The topological polar surface area (TPSA) is 23.6 Å². The van der Waals surface area contributed by atoms with Gasteiger partial charge in [0.05, 0.1) is 11.4 Å². The van der Waals surface area contributed by atoms with Crippen molar-refractivity contribution < 1.29 is 9.18 Å². The van der Waals surface area contributed by atoms with Gasteiger partial charge in [0.1, 0.15) is 12.4 Å². The molecule has 3 nitrogen and oxygen atoms in total. The summed E-state index contributed by atoms with van der Waals surface area (Å²) in [4.78, 5) is 15.6. The van der Waals surface area contributed by atoms with Gasteiger partial charge in [-0.3, -0.25) is 4.79 Å². The molecule has 0 fully saturated rings. The Morgan fingerprint density at radius 2 is 1.80 bits per heavy atom. The average molecular weight is 335 g/mol. The van der Waals surface area contributed by atoms with Gasteiger partial charge in [-0.2, -0.15) is 0 Å². The minimum absolute atomic E-state index is 0.0000694. The van der Waals surface area contributed by atoms with E-state index >= 15 is 0 Å². The molecule has 0 radical (unpaired) electrons. The summed E-state index contributed by atoms with van der Waals surface area (Å²) >= 11 is 3.42. The van der Waals surface area contributed by atoms with Gasteiger partial charge in [0.25, 0.3) is 0 Å². The van der Waals surface area contributed by atoms with Gasteiger partial charge < -0.3 is 9.80 Å². The van der Waals surface area contributed by atoms with Gasteiger partial charge in [0.2, 0.25) is 5.91 Å². The van der Waals surface area contributed by atoms with Crippen molar-refractivity contribution in [1.82, 2.24) is 0 Å². The molecule has 1 amide bonds. The second-order valence-corrected chi connectivity index (χ2v) is 5.56. The van der Waals surface area contributed by atoms with Crippen LogP contribution in [-0.4, -0.2) is 19.5 Å². The number of hydrogen-bond donors (Lipinski definition) is 0. The van der Waals surface area contributed by atoms with Crippen molar-refractivity contribution >= 4 is 38.9 Å². The molecule has 20 heavy (non-hydrogen) atoms. The predicted molar refractivity (Wildman–Crippen MR) is 81.0 cm³/mol. The lowest BCUT2D eigenvalue weighted by Crippen LogP contribution is -2.41. The van der Waals surface area contributed by atoms with E-state index in [1.165, 1.54) is 12.1 Å². The Hall–Kier alpha value is -1.88. The summed E-state index contributed by atoms with van der Waals surface area (Å²) < 4.78 is 14.0. The largest absolute Gasteiger partial charge is 0.330 e. The van der Waals surface area contributed by atoms with Crippen LogP contribution in [0.3, 0.4) is 0 Å². The Labute approximate surface area is 124 Å². The molecule has 0 unspecified atom stereocenters. The maximum atomic E-state index is 13.0. The van der Waals surface area contributed by atoms with Crippen LogP contribution in [0.15, 0.2) is 46.9 Å². The maximum Gasteiger partial charge on any atom is 0.246 e. The first-order valence-corrected chi connectivity index (χ1v) is 6.95. The number of carbonyl (C=O) groups excluding carboxylic acids is 1. The summed E-state index contributed by atoms with van der Waals surface area (Å²) in [7, 11) is 1.76. The van der Waals surface area contributed by atoms with Crippen LogP contribution in [0.25, 0.3) is 0 Å². The number of nitrogens with zero attached hydrogens (tertiary/aromatic N) is 2. The van der Waals surface area contributed by atoms with Gasteiger partial charge in [-0.05, 0) is 42.5 Å². The number of rotatable bonds is 1. The van der Waals surface area contributed by atoms with E-state index < -0.39 is 0 Å². The minimum Gasteiger partial charge on any atom is -0.330 e. The van der Waals surface area contributed by atoms with Gasteiger partial charge in [-0.1, -0.05) is 15.9 Å². The quantitative estimate of drug-likeness (QED) is 0.793. The Bertz CT molecular complexity index is 672. The second kappa shape index (κ2) is 4.90. The lowest BCUT2D eigenvalue weighted by atomic mass is 10.1. The number of likely N-dealkylation sites (N-methyl/N-ethyl adjacent to an activating group) is 1. The van der Waals surface area contributed by atoms with Crippen LogP contribution in [0.1, 0.15) is 0 Å². The zero-order chi connectivity index (χ0) is 14.3. The highest BCUT2D eigenvalue weighted by molar-refractivity contribution is 9.10. The van der Waals surface area contributed by atoms with Crippen molar-refractivity contribution in [3.8, 4) is 0 Å². The summed E-state index contributed by atoms with van der Waals surface area (Å²) in [5.41, 5.74) is 2.57. The van der Waals surface area contributed by atoms with Crippen molar-refractivity contribution in [3.63, 3.8) is 0 Å². The first-order valence-electron chi connectivity index (χ1n) is 6.15. The molecule has 2 aromatic rings. The zero-order valence-electron chi connectivity index (χ0n) is 10.8. The maximum absolute atomic E-state index is 13.0. The molecular formula is C15H12BrFN2O. The molecule has 3 rings (SSSR count). The van der Waals surface area contributed by atoms with E-state index in [9.17, 15) is 9.18 Å². The average Bonchev–Trinajstić information content (AvgIpc) is 2.44. The highest BCUT2D eigenvalue weighted by Crippen LogP contribution is 2.38. The van der Waals surface area contributed by atoms with Gasteiger partial charge in [-0.15, -0.1) is 0 Å². The number of benzene rings is 2. The zero-order valence-corrected chi connectivity index (χ0v) is 12.4. The molecule has 0 saturated carbocycles. The minimum atomic E-state index is -0.287. The van der Waals surface area contributed by atoms with Crippen LogP contribution in [0.2, 0.25) is 0 Å². The summed E-state index contributed by atoms with van der Waals surface area (Å²) in [6, 6.07) is 11.9. The molecule has 102 valence electrons. The number of carbonyl (C=O) groups is 1. The highest BCUT2D eigenvalue weighted by atomic mass is 79.9. The fourth-order valence-electron chi connectivity index (χ4n) is 2.31. The molecule has 1 aliphatic heterocycles. The molecule has 0 N–H and O–H groups in total. The lowest BCUT2D eigenvalue weighted by molar-refractivity contribution is -0.117. The smallest absolute Gasteiger partial charge is 0.246 e. The number of fused-ring (bicyclic) bond motifs is 1. The first kappa shape index (κ1) is 13.1. The van der Waals surface area contributed by atoms with Gasteiger partial charge in [0.15, 0.2) is 0 Å². The summed E-state index contributed by atoms with van der Waals surface area (Å²) in [6.07, 6.45) is 0. The van der Waals surface area contributed by atoms with E-state index in [2.05, 4.69) is 15.9 Å². The standard InChI is InChI=1S/C15H12BrFN2O/c1-18-14-8-10(16)2-7-13(14)19(9-15(18)20)12-5-3-11(17)4-6-12/h2-8H,9H2,1H3. The highest BCUT2D eigenvalue weighted by Gasteiger charge is 2.27. The molecule has 2 aromatic carbocycles. The van der Waals surface area contributed by atoms with Crippen LogP contribution in [0.5, 0.6) is 0 Å². The van der Waals surface area contributed by atoms with Crippen molar-refractivity contribution in [3.05, 3.63) is 52.8 Å². The van der Waals surface area contributed by atoms with Crippen LogP contribution < -0.4 is 9.80 Å². The van der Waals surface area contributed by atoms with E-state index in [0.29, 0.717) is 0 Å². The Balaban J connectivity index is 2.12. The fraction of sp³-hybridized carbons (Fsp3) is 0.133. The monoisotopic (exact) mass is 334 g/mol. The molecule has 5 heteroatoms. The molecular weight excluding hydrogens is 323 g/mol. The molecule has 0 saturated heterocycles. The molecule has 0 spiro atoms. The molecule has 0 atom stereocenters. The molecule has 0 aliphatic carbocycles. The third-order valence-corrected chi connectivity index (χ3v) is 3.89. The van der Waals surface area contributed by atoms with E-state index in [1.807, 2.05) is 23.1 Å². The number of hydrogen-bond acceptors (Lipinski definition) is 2. The molecule has 1 aliphatic rings. The number of amides is 1. The fourth-order valence-corrected chi connectivity index (χ4v) is 2.65. The Morgan fingerprint density at radius 3 is 2.50 bits per heavy atom. The Kier molecular flexibility index (Phi) is 3.22. The van der Waals surface area contributed by atoms with Crippen molar-refractivity contribution in [2.75, 3.05) is 23.4 Å². The van der Waals surface area contributed by atoms with Gasteiger partial charge >= 0.3 is 0 Å². The summed E-state index contributed by atoms with van der Waals surface area (Å²) in [6.45, 7) is 0.247. The summed E-state index contributed by atoms with van der Waals surface area (Å²) in [5, 5.41) is 0. The lowest BCUT2D eigenvalue weighted by Gasteiger charge is -2.35. The van der Waals surface area contributed by atoms with Crippen molar-refractivity contribution in [1.29, 1.82) is 0 Å².